The average Bonchev–Trinajstić information content (AvgIpc) is 2.79. The number of aromatic nitrogens is 1. The van der Waals surface area contributed by atoms with Crippen molar-refractivity contribution < 1.29 is 9.18 Å². The largest absolute Gasteiger partial charge is 0.320 e. The first-order valence-electron chi connectivity index (χ1n) is 9.64. The molecule has 4 heteroatoms. The third-order valence-electron chi connectivity index (χ3n) is 5.14. The van der Waals surface area contributed by atoms with E-state index < -0.39 is 0 Å². The van der Waals surface area contributed by atoms with Crippen LogP contribution < -0.4 is 5.32 Å². The molecule has 0 unspecified atom stereocenters. The first-order valence-corrected chi connectivity index (χ1v) is 9.64. The van der Waals surface area contributed by atoms with E-state index in [1.807, 2.05) is 66.7 Å². The molecule has 0 bridgehead atoms. The van der Waals surface area contributed by atoms with Gasteiger partial charge in [-0.05, 0) is 46.8 Å². The number of carbonyl (C=O) groups is 1. The van der Waals surface area contributed by atoms with E-state index in [2.05, 4.69) is 10.3 Å². The highest BCUT2D eigenvalue weighted by Gasteiger charge is 2.13. The minimum Gasteiger partial charge on any atom is -0.320 e. The lowest BCUT2D eigenvalue weighted by molar-refractivity contribution is 0.102. The second kappa shape index (κ2) is 7.41. The standard InChI is InChI=1S/C26H17FN2O/c27-20-14-11-17(12-15-20)21-8-3-6-19-7-4-10-23(25(19)21)29-26(30)24-16-13-18-5-1-2-9-22(18)28-24/h1-16H,(H,29,30). The first-order chi connectivity index (χ1) is 14.7. The van der Waals surface area contributed by atoms with E-state index in [9.17, 15) is 9.18 Å². The second-order valence-corrected chi connectivity index (χ2v) is 7.06. The topological polar surface area (TPSA) is 42.0 Å². The van der Waals surface area contributed by atoms with Gasteiger partial charge in [0.1, 0.15) is 11.5 Å². The van der Waals surface area contributed by atoms with Crippen LogP contribution in [0.5, 0.6) is 0 Å². The summed E-state index contributed by atoms with van der Waals surface area (Å²) in [7, 11) is 0. The molecule has 1 amide bonds. The molecule has 4 aromatic carbocycles. The molecule has 1 N–H and O–H groups in total. The van der Waals surface area contributed by atoms with Gasteiger partial charge in [-0.3, -0.25) is 4.79 Å². The third kappa shape index (κ3) is 3.29. The zero-order valence-electron chi connectivity index (χ0n) is 16.0. The maximum absolute atomic E-state index is 13.4. The van der Waals surface area contributed by atoms with Crippen LogP contribution in [0.25, 0.3) is 32.8 Å². The fourth-order valence-corrected chi connectivity index (χ4v) is 3.69. The van der Waals surface area contributed by atoms with Gasteiger partial charge in [0, 0.05) is 16.5 Å². The number of anilines is 1. The van der Waals surface area contributed by atoms with Crippen LogP contribution in [0.2, 0.25) is 0 Å². The van der Waals surface area contributed by atoms with Crippen LogP contribution in [0.4, 0.5) is 10.1 Å². The van der Waals surface area contributed by atoms with Crippen molar-refractivity contribution in [3.63, 3.8) is 0 Å². The molecule has 0 aliphatic carbocycles. The summed E-state index contributed by atoms with van der Waals surface area (Å²) in [6.45, 7) is 0. The number of carbonyl (C=O) groups excluding carboxylic acids is 1. The van der Waals surface area contributed by atoms with Crippen molar-refractivity contribution in [3.8, 4) is 11.1 Å². The van der Waals surface area contributed by atoms with Gasteiger partial charge in [-0.25, -0.2) is 9.37 Å². The van der Waals surface area contributed by atoms with Crippen molar-refractivity contribution in [2.24, 2.45) is 0 Å². The molecule has 144 valence electrons. The summed E-state index contributed by atoms with van der Waals surface area (Å²) >= 11 is 0. The first kappa shape index (κ1) is 18.0. The SMILES string of the molecule is O=C(Nc1cccc2cccc(-c3ccc(F)cc3)c12)c1ccc2ccccc2n1. The number of hydrogen-bond acceptors (Lipinski definition) is 2. The van der Waals surface area contributed by atoms with E-state index in [1.165, 1.54) is 12.1 Å². The van der Waals surface area contributed by atoms with E-state index in [0.717, 1.165) is 32.8 Å². The summed E-state index contributed by atoms with van der Waals surface area (Å²) in [4.78, 5) is 17.5. The molecule has 0 saturated carbocycles. The fraction of sp³-hybridized carbons (Fsp3) is 0. The van der Waals surface area contributed by atoms with Gasteiger partial charge in [-0.1, -0.05) is 66.7 Å². The Labute approximate surface area is 172 Å². The number of fused-ring (bicyclic) bond motifs is 2. The van der Waals surface area contributed by atoms with Crippen LogP contribution in [0.1, 0.15) is 10.5 Å². The Kier molecular flexibility index (Phi) is 4.45. The Balaban J connectivity index is 1.58. The third-order valence-corrected chi connectivity index (χ3v) is 5.14. The number of amides is 1. The monoisotopic (exact) mass is 392 g/mol. The van der Waals surface area contributed by atoms with Crippen molar-refractivity contribution in [2.45, 2.75) is 0 Å². The Morgan fingerprint density at radius 3 is 2.30 bits per heavy atom. The van der Waals surface area contributed by atoms with Gasteiger partial charge in [0.25, 0.3) is 5.91 Å². The Hall–Kier alpha value is -4.05. The van der Waals surface area contributed by atoms with Crippen molar-refractivity contribution in [1.82, 2.24) is 4.98 Å². The number of pyridine rings is 1. The number of benzene rings is 4. The molecular weight excluding hydrogens is 375 g/mol. The number of hydrogen-bond donors (Lipinski definition) is 1. The van der Waals surface area contributed by atoms with E-state index in [0.29, 0.717) is 11.4 Å². The summed E-state index contributed by atoms with van der Waals surface area (Å²) in [5.74, 6) is -0.558. The fourth-order valence-electron chi connectivity index (χ4n) is 3.69. The molecule has 0 saturated heterocycles. The van der Waals surface area contributed by atoms with E-state index >= 15 is 0 Å². The summed E-state index contributed by atoms with van der Waals surface area (Å²) < 4.78 is 13.4. The molecule has 1 heterocycles. The predicted molar refractivity (Wildman–Crippen MR) is 119 cm³/mol. The second-order valence-electron chi connectivity index (χ2n) is 7.06. The summed E-state index contributed by atoms with van der Waals surface area (Å²) in [6, 6.07) is 29.4. The molecule has 0 radical (unpaired) electrons. The van der Waals surface area contributed by atoms with Crippen LogP contribution in [0.15, 0.2) is 97.1 Å². The Morgan fingerprint density at radius 2 is 1.47 bits per heavy atom. The molecule has 3 nitrogen and oxygen atoms in total. The van der Waals surface area contributed by atoms with Crippen LogP contribution in [-0.2, 0) is 0 Å². The van der Waals surface area contributed by atoms with Gasteiger partial charge in [-0.2, -0.15) is 0 Å². The van der Waals surface area contributed by atoms with E-state index in [1.54, 1.807) is 18.2 Å². The minimum atomic E-state index is -0.283. The zero-order chi connectivity index (χ0) is 20.5. The van der Waals surface area contributed by atoms with E-state index in [-0.39, 0.29) is 11.7 Å². The Bertz CT molecular complexity index is 1390. The quantitative estimate of drug-likeness (QED) is 0.383. The normalized spacial score (nSPS) is 11.0. The smallest absolute Gasteiger partial charge is 0.274 e. The maximum Gasteiger partial charge on any atom is 0.274 e. The van der Waals surface area contributed by atoms with Gasteiger partial charge >= 0.3 is 0 Å². The average molecular weight is 392 g/mol. The maximum atomic E-state index is 13.4. The van der Waals surface area contributed by atoms with Gasteiger partial charge in [0.05, 0.1) is 5.52 Å². The molecule has 0 fully saturated rings. The van der Waals surface area contributed by atoms with Crippen molar-refractivity contribution >= 4 is 33.3 Å². The minimum absolute atomic E-state index is 0.276. The highest BCUT2D eigenvalue weighted by atomic mass is 19.1. The van der Waals surface area contributed by atoms with Gasteiger partial charge in [0.15, 0.2) is 0 Å². The van der Waals surface area contributed by atoms with Crippen molar-refractivity contribution in [1.29, 1.82) is 0 Å². The van der Waals surface area contributed by atoms with Crippen LogP contribution in [-0.4, -0.2) is 10.9 Å². The van der Waals surface area contributed by atoms with E-state index in [4.69, 9.17) is 0 Å². The molecule has 5 rings (SSSR count). The highest BCUT2D eigenvalue weighted by molar-refractivity contribution is 6.12. The molecular formula is C26H17FN2O. The van der Waals surface area contributed by atoms with Gasteiger partial charge in [0.2, 0.25) is 0 Å². The predicted octanol–water partition coefficient (Wildman–Crippen LogP) is 6.45. The number of halogens is 1. The summed E-state index contributed by atoms with van der Waals surface area (Å²) in [5, 5.41) is 5.89. The number of para-hydroxylation sites is 1. The Morgan fingerprint density at radius 1 is 0.733 bits per heavy atom. The number of nitrogens with one attached hydrogen (secondary N) is 1. The lowest BCUT2D eigenvalue weighted by Crippen LogP contribution is -2.14. The molecule has 30 heavy (non-hydrogen) atoms. The van der Waals surface area contributed by atoms with Crippen LogP contribution >= 0.6 is 0 Å². The van der Waals surface area contributed by atoms with Crippen LogP contribution in [0, 0.1) is 5.82 Å². The molecule has 5 aromatic rings. The molecule has 0 aliphatic heterocycles. The molecule has 0 aliphatic rings. The molecule has 0 spiro atoms. The van der Waals surface area contributed by atoms with Crippen molar-refractivity contribution in [3.05, 3.63) is 109 Å². The summed E-state index contributed by atoms with van der Waals surface area (Å²) in [6.07, 6.45) is 0. The van der Waals surface area contributed by atoms with Gasteiger partial charge < -0.3 is 5.32 Å². The number of rotatable bonds is 3. The van der Waals surface area contributed by atoms with Crippen molar-refractivity contribution in [2.75, 3.05) is 5.32 Å². The molecule has 1 aromatic heterocycles. The lowest BCUT2D eigenvalue weighted by Gasteiger charge is -2.13. The number of nitrogens with zero attached hydrogens (tertiary/aromatic N) is 1. The lowest BCUT2D eigenvalue weighted by atomic mass is 9.97. The van der Waals surface area contributed by atoms with Gasteiger partial charge in [-0.15, -0.1) is 0 Å². The molecule has 0 atom stereocenters. The highest BCUT2D eigenvalue weighted by Crippen LogP contribution is 2.34. The zero-order valence-corrected chi connectivity index (χ0v) is 16.0. The van der Waals surface area contributed by atoms with Crippen LogP contribution in [0.3, 0.4) is 0 Å². The summed E-state index contributed by atoms with van der Waals surface area (Å²) in [5.41, 5.74) is 3.62.